The highest BCUT2D eigenvalue weighted by Crippen LogP contribution is 2.32. The number of fused-ring (bicyclic) bond motifs is 1. The lowest BCUT2D eigenvalue weighted by atomic mass is 10.0. The molecule has 0 spiro atoms. The van der Waals surface area contributed by atoms with Crippen molar-refractivity contribution in [3.8, 4) is 0 Å². The lowest BCUT2D eigenvalue weighted by molar-refractivity contribution is 1.43. The standard InChI is InChI=1S/C16H12S/c1-2-6-13(7-3-1)14-10-11-17-16-9-5-4-8-15(16)12-14/h1-12H. The molecule has 2 aromatic carbocycles. The van der Waals surface area contributed by atoms with Crippen molar-refractivity contribution in [2.45, 2.75) is 4.90 Å². The quantitative estimate of drug-likeness (QED) is 0.682. The van der Waals surface area contributed by atoms with Gasteiger partial charge in [-0.2, -0.15) is 0 Å². The van der Waals surface area contributed by atoms with Gasteiger partial charge in [0.25, 0.3) is 0 Å². The number of thioether (sulfide) groups is 1. The van der Waals surface area contributed by atoms with E-state index in [0.29, 0.717) is 0 Å². The lowest BCUT2D eigenvalue weighted by Gasteiger charge is -2.02. The first kappa shape index (κ1) is 10.4. The Kier molecular flexibility index (Phi) is 2.85. The molecule has 0 unspecified atom stereocenters. The number of rotatable bonds is 1. The first-order valence-electron chi connectivity index (χ1n) is 5.63. The van der Waals surface area contributed by atoms with Crippen LogP contribution in [0.4, 0.5) is 0 Å². The van der Waals surface area contributed by atoms with E-state index in [-0.39, 0.29) is 0 Å². The predicted octanol–water partition coefficient (Wildman–Crippen LogP) is 4.85. The van der Waals surface area contributed by atoms with Crippen LogP contribution in [-0.4, -0.2) is 0 Å². The molecule has 0 radical (unpaired) electrons. The van der Waals surface area contributed by atoms with Crippen molar-refractivity contribution in [1.29, 1.82) is 0 Å². The molecule has 0 bridgehead atoms. The minimum Gasteiger partial charge on any atom is -0.0974 e. The van der Waals surface area contributed by atoms with Gasteiger partial charge in [0.1, 0.15) is 0 Å². The summed E-state index contributed by atoms with van der Waals surface area (Å²) in [5, 5.41) is 2.16. The van der Waals surface area contributed by atoms with Crippen LogP contribution in [0.3, 0.4) is 0 Å². The van der Waals surface area contributed by atoms with Gasteiger partial charge in [0.05, 0.1) is 0 Å². The summed E-state index contributed by atoms with van der Waals surface area (Å²) in [5.74, 6) is 0. The van der Waals surface area contributed by atoms with Crippen molar-refractivity contribution in [1.82, 2.24) is 0 Å². The minimum absolute atomic E-state index is 1.26. The monoisotopic (exact) mass is 236 g/mol. The third kappa shape index (κ3) is 2.20. The Morgan fingerprint density at radius 3 is 2.41 bits per heavy atom. The van der Waals surface area contributed by atoms with Crippen molar-refractivity contribution in [3.63, 3.8) is 0 Å². The maximum atomic E-state index is 2.25. The molecule has 17 heavy (non-hydrogen) atoms. The second-order valence-corrected chi connectivity index (χ2v) is 4.87. The fourth-order valence-corrected chi connectivity index (χ4v) is 2.69. The van der Waals surface area contributed by atoms with Crippen LogP contribution in [0.15, 0.2) is 71.0 Å². The van der Waals surface area contributed by atoms with Crippen molar-refractivity contribution in [3.05, 3.63) is 77.2 Å². The van der Waals surface area contributed by atoms with E-state index in [4.69, 9.17) is 0 Å². The van der Waals surface area contributed by atoms with Crippen LogP contribution >= 0.6 is 11.8 Å². The van der Waals surface area contributed by atoms with E-state index in [0.717, 1.165) is 0 Å². The van der Waals surface area contributed by atoms with E-state index >= 15 is 0 Å². The molecule has 0 nitrogen and oxygen atoms in total. The number of hydrogen-bond donors (Lipinski definition) is 0. The Balaban J connectivity index is 2.10. The molecular formula is C16H12S. The maximum Gasteiger partial charge on any atom is 0.0188 e. The summed E-state index contributed by atoms with van der Waals surface area (Å²) in [5.41, 5.74) is 3.82. The molecule has 82 valence electrons. The summed E-state index contributed by atoms with van der Waals surface area (Å²) in [6, 6.07) is 19.0. The third-order valence-corrected chi connectivity index (χ3v) is 3.68. The van der Waals surface area contributed by atoms with Crippen molar-refractivity contribution < 1.29 is 0 Å². The molecule has 0 aromatic heterocycles. The zero-order chi connectivity index (χ0) is 11.5. The molecule has 1 aliphatic heterocycles. The highest BCUT2D eigenvalue weighted by atomic mass is 32.2. The topological polar surface area (TPSA) is 0 Å². The van der Waals surface area contributed by atoms with Gasteiger partial charge in [0, 0.05) is 4.90 Å². The molecule has 0 saturated heterocycles. The molecular weight excluding hydrogens is 224 g/mol. The van der Waals surface area contributed by atoms with E-state index in [1.165, 1.54) is 21.6 Å². The normalized spacial score (nSPS) is 13.8. The molecule has 1 aliphatic rings. The van der Waals surface area contributed by atoms with E-state index in [2.05, 4.69) is 66.1 Å². The van der Waals surface area contributed by atoms with Crippen LogP contribution in [0.2, 0.25) is 0 Å². The Morgan fingerprint density at radius 2 is 1.53 bits per heavy atom. The second-order valence-electron chi connectivity index (χ2n) is 3.92. The summed E-state index contributed by atoms with van der Waals surface area (Å²) in [4.78, 5) is 1.31. The zero-order valence-corrected chi connectivity index (χ0v) is 10.2. The fraction of sp³-hybridized carbons (Fsp3) is 0. The summed E-state index contributed by atoms with van der Waals surface area (Å²) < 4.78 is 0. The lowest BCUT2D eigenvalue weighted by Crippen LogP contribution is -1.80. The fourth-order valence-electron chi connectivity index (χ4n) is 1.91. The minimum atomic E-state index is 1.26. The molecule has 3 rings (SSSR count). The zero-order valence-electron chi connectivity index (χ0n) is 9.34. The van der Waals surface area contributed by atoms with Gasteiger partial charge in [-0.25, -0.2) is 0 Å². The summed E-state index contributed by atoms with van der Waals surface area (Å²) in [7, 11) is 0. The third-order valence-electron chi connectivity index (χ3n) is 2.78. The van der Waals surface area contributed by atoms with Gasteiger partial charge >= 0.3 is 0 Å². The summed E-state index contributed by atoms with van der Waals surface area (Å²) in [6.45, 7) is 0. The molecule has 0 N–H and O–H groups in total. The maximum absolute atomic E-state index is 2.25. The molecule has 2 aromatic rings. The number of benzene rings is 2. The van der Waals surface area contributed by atoms with E-state index in [1.54, 1.807) is 11.8 Å². The SMILES string of the molecule is C1=CC(c2ccccc2)=Cc2ccccc2S1. The van der Waals surface area contributed by atoms with Crippen molar-refractivity contribution in [2.24, 2.45) is 0 Å². The Labute approximate surface area is 106 Å². The molecule has 0 atom stereocenters. The summed E-state index contributed by atoms with van der Waals surface area (Å²) in [6.07, 6.45) is 4.43. The Morgan fingerprint density at radius 1 is 0.765 bits per heavy atom. The van der Waals surface area contributed by atoms with E-state index in [1.807, 2.05) is 6.07 Å². The predicted molar refractivity (Wildman–Crippen MR) is 75.8 cm³/mol. The van der Waals surface area contributed by atoms with Crippen LogP contribution in [0.5, 0.6) is 0 Å². The Bertz CT molecular complexity index is 579. The average molecular weight is 236 g/mol. The first-order chi connectivity index (χ1) is 8.43. The molecule has 0 aliphatic carbocycles. The van der Waals surface area contributed by atoms with Gasteiger partial charge < -0.3 is 0 Å². The van der Waals surface area contributed by atoms with Crippen LogP contribution in [-0.2, 0) is 0 Å². The van der Waals surface area contributed by atoms with Gasteiger partial charge in [-0.15, -0.1) is 0 Å². The van der Waals surface area contributed by atoms with Crippen molar-refractivity contribution in [2.75, 3.05) is 0 Å². The van der Waals surface area contributed by atoms with Gasteiger partial charge in [-0.05, 0) is 40.3 Å². The first-order valence-corrected chi connectivity index (χ1v) is 6.51. The second kappa shape index (κ2) is 4.64. The van der Waals surface area contributed by atoms with E-state index < -0.39 is 0 Å². The van der Waals surface area contributed by atoms with Gasteiger partial charge in [0.15, 0.2) is 0 Å². The van der Waals surface area contributed by atoms with Gasteiger partial charge in [0.2, 0.25) is 0 Å². The Hall–Kier alpha value is -1.73. The number of hydrogen-bond acceptors (Lipinski definition) is 1. The smallest absolute Gasteiger partial charge is 0.0188 e. The van der Waals surface area contributed by atoms with Crippen LogP contribution < -0.4 is 0 Å². The highest BCUT2D eigenvalue weighted by Gasteiger charge is 2.05. The largest absolute Gasteiger partial charge is 0.0974 e. The average Bonchev–Trinajstić information content (AvgIpc) is 2.62. The van der Waals surface area contributed by atoms with Crippen LogP contribution in [0, 0.1) is 0 Å². The highest BCUT2D eigenvalue weighted by molar-refractivity contribution is 8.02. The molecule has 1 heterocycles. The number of allylic oxidation sites excluding steroid dienone is 2. The molecule has 0 amide bonds. The molecule has 0 fully saturated rings. The van der Waals surface area contributed by atoms with Crippen molar-refractivity contribution >= 4 is 23.4 Å². The van der Waals surface area contributed by atoms with Gasteiger partial charge in [-0.3, -0.25) is 0 Å². The van der Waals surface area contributed by atoms with Gasteiger partial charge in [-0.1, -0.05) is 60.3 Å². The summed E-state index contributed by atoms with van der Waals surface area (Å²) >= 11 is 1.78. The van der Waals surface area contributed by atoms with E-state index in [9.17, 15) is 0 Å². The van der Waals surface area contributed by atoms with Crippen LogP contribution in [0.25, 0.3) is 11.6 Å². The molecule has 1 heteroatoms. The van der Waals surface area contributed by atoms with Crippen LogP contribution in [0.1, 0.15) is 11.1 Å². The molecule has 0 saturated carbocycles.